The van der Waals surface area contributed by atoms with E-state index in [0.29, 0.717) is 22.0 Å². The van der Waals surface area contributed by atoms with Crippen LogP contribution in [0.4, 0.5) is 0 Å². The average molecular weight is 300 g/mol. The fourth-order valence-corrected chi connectivity index (χ4v) is 2.28. The predicted octanol–water partition coefficient (Wildman–Crippen LogP) is 4.09. The molecule has 0 aliphatic rings. The van der Waals surface area contributed by atoms with Crippen molar-refractivity contribution in [3.05, 3.63) is 59.1 Å². The fourth-order valence-electron chi connectivity index (χ4n) is 1.85. The van der Waals surface area contributed by atoms with Crippen molar-refractivity contribution in [1.29, 1.82) is 0 Å². The Bertz CT molecular complexity index is 424. The normalized spacial score (nSPS) is 12.4. The molecule has 0 saturated carbocycles. The lowest BCUT2D eigenvalue weighted by atomic mass is 10.1. The molecular weight excluding hydrogens is 281 g/mol. The maximum atomic E-state index is 10.2. The Hall–Kier alpha value is -0.800. The van der Waals surface area contributed by atoms with Crippen LogP contribution in [0, 0.1) is 0 Å². The molecule has 1 aromatic carbocycles. The summed E-state index contributed by atoms with van der Waals surface area (Å²) in [5, 5.41) is 11.3. The van der Waals surface area contributed by atoms with E-state index in [-0.39, 0.29) is 0 Å². The molecule has 2 nitrogen and oxygen atoms in total. The molecular formula is C15H19Cl2NO. The molecule has 1 unspecified atom stereocenters. The zero-order valence-corrected chi connectivity index (χ0v) is 12.4. The number of aliphatic hydroxyl groups is 1. The number of nitrogens with zero attached hydrogens (tertiary/aromatic N) is 1. The van der Waals surface area contributed by atoms with Gasteiger partial charge in [0.1, 0.15) is 0 Å². The van der Waals surface area contributed by atoms with E-state index in [0.717, 1.165) is 19.6 Å². The zero-order valence-electron chi connectivity index (χ0n) is 10.9. The van der Waals surface area contributed by atoms with Crippen molar-refractivity contribution >= 4 is 23.2 Å². The van der Waals surface area contributed by atoms with Gasteiger partial charge in [-0.15, -0.1) is 13.2 Å². The first-order valence-electron chi connectivity index (χ1n) is 6.15. The van der Waals surface area contributed by atoms with Gasteiger partial charge in [-0.2, -0.15) is 0 Å². The fraction of sp³-hybridized carbons (Fsp3) is 0.333. The van der Waals surface area contributed by atoms with Crippen molar-refractivity contribution in [2.75, 3.05) is 19.6 Å². The Morgan fingerprint density at radius 2 is 1.84 bits per heavy atom. The van der Waals surface area contributed by atoms with Crippen molar-refractivity contribution in [2.45, 2.75) is 12.5 Å². The molecule has 1 aromatic rings. The third kappa shape index (κ3) is 5.37. The summed E-state index contributed by atoms with van der Waals surface area (Å²) in [5.74, 6) is 0. The molecule has 0 bridgehead atoms. The van der Waals surface area contributed by atoms with Gasteiger partial charge in [0.15, 0.2) is 0 Å². The van der Waals surface area contributed by atoms with E-state index in [4.69, 9.17) is 23.2 Å². The van der Waals surface area contributed by atoms with Crippen LogP contribution in [-0.4, -0.2) is 29.6 Å². The quantitative estimate of drug-likeness (QED) is 0.731. The zero-order chi connectivity index (χ0) is 14.3. The van der Waals surface area contributed by atoms with E-state index in [1.165, 1.54) is 0 Å². The highest BCUT2D eigenvalue weighted by atomic mass is 35.5. The van der Waals surface area contributed by atoms with Gasteiger partial charge in [0.25, 0.3) is 0 Å². The number of rotatable bonds is 8. The molecule has 0 aromatic heterocycles. The third-order valence-electron chi connectivity index (χ3n) is 2.81. The summed E-state index contributed by atoms with van der Waals surface area (Å²) < 4.78 is 0. The lowest BCUT2D eigenvalue weighted by molar-refractivity contribution is 0.148. The minimum absolute atomic E-state index is 0.538. The summed E-state index contributed by atoms with van der Waals surface area (Å²) in [5.41, 5.74) is 0.673. The molecule has 0 amide bonds. The highest BCUT2D eigenvalue weighted by molar-refractivity contribution is 6.33. The number of aliphatic hydroxyl groups excluding tert-OH is 1. The number of hydrogen-bond acceptors (Lipinski definition) is 2. The molecule has 0 aliphatic heterocycles. The summed E-state index contributed by atoms with van der Waals surface area (Å²) >= 11 is 12.0. The molecule has 0 aliphatic carbocycles. The van der Waals surface area contributed by atoms with Gasteiger partial charge in [-0.1, -0.05) is 35.4 Å². The van der Waals surface area contributed by atoms with Crippen molar-refractivity contribution in [2.24, 2.45) is 0 Å². The highest BCUT2D eigenvalue weighted by Gasteiger charge is 2.13. The molecule has 0 saturated heterocycles. The van der Waals surface area contributed by atoms with Gasteiger partial charge in [0.2, 0.25) is 0 Å². The Kier molecular flexibility index (Phi) is 7.17. The standard InChI is InChI=1S/C15H19Cl2NO/c1-3-8-18(9-4-2)10-7-15(19)13-11-12(16)5-6-14(13)17/h3-6,11,15,19H,1-2,7-10H2. The van der Waals surface area contributed by atoms with E-state index in [2.05, 4.69) is 18.1 Å². The van der Waals surface area contributed by atoms with Gasteiger partial charge in [-0.05, 0) is 24.6 Å². The van der Waals surface area contributed by atoms with Crippen LogP contribution in [0.3, 0.4) is 0 Å². The number of hydrogen-bond donors (Lipinski definition) is 1. The molecule has 1 N–H and O–H groups in total. The molecule has 1 rings (SSSR count). The van der Waals surface area contributed by atoms with Crippen LogP contribution in [0.1, 0.15) is 18.1 Å². The molecule has 0 heterocycles. The monoisotopic (exact) mass is 299 g/mol. The van der Waals surface area contributed by atoms with E-state index in [1.54, 1.807) is 18.2 Å². The minimum atomic E-state index is -0.622. The van der Waals surface area contributed by atoms with Gasteiger partial charge in [-0.3, -0.25) is 4.90 Å². The van der Waals surface area contributed by atoms with E-state index < -0.39 is 6.10 Å². The van der Waals surface area contributed by atoms with Gasteiger partial charge in [0, 0.05) is 35.2 Å². The molecule has 0 radical (unpaired) electrons. The molecule has 0 spiro atoms. The van der Waals surface area contributed by atoms with Crippen molar-refractivity contribution in [3.63, 3.8) is 0 Å². The first-order valence-corrected chi connectivity index (χ1v) is 6.91. The molecule has 4 heteroatoms. The second-order valence-electron chi connectivity index (χ2n) is 4.31. The lowest BCUT2D eigenvalue weighted by Crippen LogP contribution is -2.26. The van der Waals surface area contributed by atoms with Crippen molar-refractivity contribution in [1.82, 2.24) is 4.90 Å². The van der Waals surface area contributed by atoms with Crippen LogP contribution in [0.5, 0.6) is 0 Å². The second kappa shape index (κ2) is 8.39. The Labute approximate surface area is 124 Å². The first-order chi connectivity index (χ1) is 9.08. The largest absolute Gasteiger partial charge is 0.388 e. The van der Waals surface area contributed by atoms with Gasteiger partial charge in [0.05, 0.1) is 6.10 Å². The lowest BCUT2D eigenvalue weighted by Gasteiger charge is -2.21. The van der Waals surface area contributed by atoms with E-state index >= 15 is 0 Å². The first kappa shape index (κ1) is 16.3. The van der Waals surface area contributed by atoms with Crippen molar-refractivity contribution in [3.8, 4) is 0 Å². The smallest absolute Gasteiger partial charge is 0.0817 e. The molecule has 1 atom stereocenters. The maximum absolute atomic E-state index is 10.2. The maximum Gasteiger partial charge on any atom is 0.0817 e. The van der Waals surface area contributed by atoms with Crippen molar-refractivity contribution < 1.29 is 5.11 Å². The molecule has 0 fully saturated rings. The third-order valence-corrected chi connectivity index (χ3v) is 3.39. The Balaban J connectivity index is 2.62. The summed E-state index contributed by atoms with van der Waals surface area (Å²) in [6, 6.07) is 5.12. The van der Waals surface area contributed by atoms with Crippen LogP contribution >= 0.6 is 23.2 Å². The number of halogens is 2. The van der Waals surface area contributed by atoms with Crippen LogP contribution in [0.2, 0.25) is 10.0 Å². The van der Waals surface area contributed by atoms with Gasteiger partial charge in [-0.25, -0.2) is 0 Å². The van der Waals surface area contributed by atoms with Crippen LogP contribution in [0.15, 0.2) is 43.5 Å². The van der Waals surface area contributed by atoms with Crippen LogP contribution < -0.4 is 0 Å². The topological polar surface area (TPSA) is 23.5 Å². The highest BCUT2D eigenvalue weighted by Crippen LogP contribution is 2.28. The van der Waals surface area contributed by atoms with Crippen LogP contribution in [-0.2, 0) is 0 Å². The second-order valence-corrected chi connectivity index (χ2v) is 5.15. The predicted molar refractivity (Wildman–Crippen MR) is 82.9 cm³/mol. The van der Waals surface area contributed by atoms with Crippen LogP contribution in [0.25, 0.3) is 0 Å². The van der Waals surface area contributed by atoms with Gasteiger partial charge < -0.3 is 5.11 Å². The summed E-state index contributed by atoms with van der Waals surface area (Å²) in [6.07, 6.45) is 3.63. The minimum Gasteiger partial charge on any atom is -0.388 e. The molecule has 104 valence electrons. The summed E-state index contributed by atoms with van der Waals surface area (Å²) in [6.45, 7) is 9.70. The Morgan fingerprint density at radius 1 is 1.21 bits per heavy atom. The van der Waals surface area contributed by atoms with E-state index in [9.17, 15) is 5.11 Å². The van der Waals surface area contributed by atoms with Gasteiger partial charge >= 0.3 is 0 Å². The van der Waals surface area contributed by atoms with E-state index in [1.807, 2.05) is 12.2 Å². The molecule has 19 heavy (non-hydrogen) atoms. The summed E-state index contributed by atoms with van der Waals surface area (Å²) in [4.78, 5) is 2.14. The summed E-state index contributed by atoms with van der Waals surface area (Å²) in [7, 11) is 0. The Morgan fingerprint density at radius 3 is 2.42 bits per heavy atom. The number of benzene rings is 1. The SMILES string of the molecule is C=CCN(CC=C)CCC(O)c1cc(Cl)ccc1Cl. The average Bonchev–Trinajstić information content (AvgIpc) is 2.39.